The minimum Gasteiger partial charge on any atom is -0.344 e. The lowest BCUT2D eigenvalue weighted by atomic mass is 10.1. The third kappa shape index (κ3) is 2.96. The van der Waals surface area contributed by atoms with Crippen molar-refractivity contribution in [2.24, 2.45) is 0 Å². The Morgan fingerprint density at radius 3 is 3.10 bits per heavy atom. The Hall–Kier alpha value is -1.80. The molecule has 0 saturated carbocycles. The third-order valence-electron chi connectivity index (χ3n) is 3.50. The Bertz CT molecular complexity index is 653. The molecule has 1 aliphatic heterocycles. The van der Waals surface area contributed by atoms with E-state index in [4.69, 9.17) is 0 Å². The molecule has 0 aromatic carbocycles. The summed E-state index contributed by atoms with van der Waals surface area (Å²) in [5, 5.41) is 13.3. The lowest BCUT2D eigenvalue weighted by Crippen LogP contribution is -2.31. The summed E-state index contributed by atoms with van der Waals surface area (Å²) in [5.41, 5.74) is 0. The number of ketones is 1. The molecule has 0 aliphatic carbocycles. The highest BCUT2D eigenvalue weighted by molar-refractivity contribution is 7.18. The van der Waals surface area contributed by atoms with Gasteiger partial charge in [0.1, 0.15) is 6.20 Å². The van der Waals surface area contributed by atoms with Crippen LogP contribution < -0.4 is 4.90 Å². The minimum atomic E-state index is -0.428. The number of thiazole rings is 1. The number of nitro groups is 1. The van der Waals surface area contributed by atoms with Crippen molar-refractivity contribution in [3.63, 3.8) is 0 Å². The van der Waals surface area contributed by atoms with Crippen LogP contribution in [0, 0.1) is 10.1 Å². The van der Waals surface area contributed by atoms with Crippen LogP contribution in [0.1, 0.15) is 28.9 Å². The average molecular weight is 323 g/mol. The van der Waals surface area contributed by atoms with Gasteiger partial charge in [0.15, 0.2) is 10.9 Å². The number of anilines is 1. The van der Waals surface area contributed by atoms with Gasteiger partial charge in [-0.2, -0.15) is 0 Å². The number of hydrogen-bond donors (Lipinski definition) is 0. The van der Waals surface area contributed by atoms with E-state index in [2.05, 4.69) is 4.98 Å². The van der Waals surface area contributed by atoms with Crippen LogP contribution in [0.3, 0.4) is 0 Å². The van der Waals surface area contributed by atoms with Crippen LogP contribution in [0.2, 0.25) is 0 Å². The molecule has 1 atom stereocenters. The average Bonchev–Trinajstić information content (AvgIpc) is 3.19. The van der Waals surface area contributed by atoms with Crippen molar-refractivity contribution in [2.75, 3.05) is 11.4 Å². The lowest BCUT2D eigenvalue weighted by Gasteiger charge is -2.22. The maximum Gasteiger partial charge on any atom is 0.345 e. The van der Waals surface area contributed by atoms with Crippen molar-refractivity contribution in [1.82, 2.24) is 4.98 Å². The molecule has 3 heterocycles. The van der Waals surface area contributed by atoms with Crippen molar-refractivity contribution in [3.05, 3.63) is 38.7 Å². The van der Waals surface area contributed by atoms with E-state index < -0.39 is 4.92 Å². The first-order chi connectivity index (χ1) is 10.1. The lowest BCUT2D eigenvalue weighted by molar-refractivity contribution is -0.380. The van der Waals surface area contributed by atoms with Crippen LogP contribution in [-0.2, 0) is 0 Å². The predicted molar refractivity (Wildman–Crippen MR) is 82.4 cm³/mol. The quantitative estimate of drug-likeness (QED) is 0.479. The summed E-state index contributed by atoms with van der Waals surface area (Å²) >= 11 is 2.52. The summed E-state index contributed by atoms with van der Waals surface area (Å²) < 4.78 is 0. The topological polar surface area (TPSA) is 76.3 Å². The summed E-state index contributed by atoms with van der Waals surface area (Å²) in [6.45, 7) is 0.799. The van der Waals surface area contributed by atoms with Gasteiger partial charge in [-0.15, -0.1) is 11.3 Å². The normalized spacial score (nSPS) is 18.1. The maximum absolute atomic E-state index is 12.2. The third-order valence-corrected chi connectivity index (χ3v) is 5.40. The SMILES string of the molecule is O=C(CC1CCCN1c1ncc([N+](=O)[O-])s1)c1cccs1. The van der Waals surface area contributed by atoms with Gasteiger partial charge in [-0.25, -0.2) is 4.98 Å². The molecule has 0 N–H and O–H groups in total. The first-order valence-electron chi connectivity index (χ1n) is 6.58. The molecule has 1 fully saturated rings. The van der Waals surface area contributed by atoms with Gasteiger partial charge in [0, 0.05) is 19.0 Å². The fourth-order valence-electron chi connectivity index (χ4n) is 2.53. The standard InChI is InChI=1S/C13H13N3O3S2/c17-10(11-4-2-6-20-11)7-9-3-1-5-15(9)13-14-8-12(21-13)16(18)19/h2,4,6,8-9H,1,3,5,7H2. The van der Waals surface area contributed by atoms with E-state index in [-0.39, 0.29) is 16.8 Å². The van der Waals surface area contributed by atoms with E-state index in [1.54, 1.807) is 0 Å². The first kappa shape index (κ1) is 14.2. The van der Waals surface area contributed by atoms with E-state index in [0.717, 1.165) is 35.6 Å². The number of Topliss-reactive ketones (excluding diaryl/α,β-unsaturated/α-hetero) is 1. The van der Waals surface area contributed by atoms with Crippen LogP contribution >= 0.6 is 22.7 Å². The van der Waals surface area contributed by atoms with Crippen molar-refractivity contribution in [3.8, 4) is 0 Å². The van der Waals surface area contributed by atoms with Gasteiger partial charge in [-0.05, 0) is 35.6 Å². The number of carbonyl (C=O) groups is 1. The number of hydrogen-bond acceptors (Lipinski definition) is 7. The number of thiophene rings is 1. The van der Waals surface area contributed by atoms with E-state index in [9.17, 15) is 14.9 Å². The monoisotopic (exact) mass is 323 g/mol. The Morgan fingerprint density at radius 1 is 1.57 bits per heavy atom. The molecule has 0 radical (unpaired) electrons. The van der Waals surface area contributed by atoms with Crippen LogP contribution in [0.25, 0.3) is 0 Å². The summed E-state index contributed by atoms with van der Waals surface area (Å²) in [7, 11) is 0. The molecule has 0 amide bonds. The molecule has 110 valence electrons. The molecule has 1 aliphatic rings. The first-order valence-corrected chi connectivity index (χ1v) is 8.28. The van der Waals surface area contributed by atoms with Gasteiger partial charge < -0.3 is 4.90 Å². The molecule has 3 rings (SSSR count). The second-order valence-electron chi connectivity index (χ2n) is 4.83. The molecule has 8 heteroatoms. The van der Waals surface area contributed by atoms with Crippen molar-refractivity contribution < 1.29 is 9.72 Å². The fourth-order valence-corrected chi connectivity index (χ4v) is 4.03. The van der Waals surface area contributed by atoms with Crippen molar-refractivity contribution >= 4 is 38.6 Å². The van der Waals surface area contributed by atoms with Gasteiger partial charge in [-0.3, -0.25) is 14.9 Å². The van der Waals surface area contributed by atoms with Gasteiger partial charge in [0.05, 0.1) is 9.80 Å². The zero-order valence-corrected chi connectivity index (χ0v) is 12.7. The Kier molecular flexibility index (Phi) is 3.98. The molecule has 2 aromatic heterocycles. The second kappa shape index (κ2) is 5.90. The summed E-state index contributed by atoms with van der Waals surface area (Å²) in [6, 6.07) is 3.79. The molecular weight excluding hydrogens is 310 g/mol. The maximum atomic E-state index is 12.2. The van der Waals surface area contributed by atoms with Crippen LogP contribution in [0.5, 0.6) is 0 Å². The van der Waals surface area contributed by atoms with Crippen molar-refractivity contribution in [1.29, 1.82) is 0 Å². The fraction of sp³-hybridized carbons (Fsp3) is 0.385. The molecule has 1 unspecified atom stereocenters. The zero-order chi connectivity index (χ0) is 14.8. The largest absolute Gasteiger partial charge is 0.345 e. The predicted octanol–water partition coefficient (Wildman–Crippen LogP) is 3.35. The van der Waals surface area contributed by atoms with Gasteiger partial charge in [-0.1, -0.05) is 6.07 Å². The Balaban J connectivity index is 1.73. The number of nitrogens with zero attached hydrogens (tertiary/aromatic N) is 3. The zero-order valence-electron chi connectivity index (χ0n) is 11.1. The van der Waals surface area contributed by atoms with E-state index in [0.29, 0.717) is 11.6 Å². The molecule has 2 aromatic rings. The summed E-state index contributed by atoms with van der Waals surface area (Å²) in [6.07, 6.45) is 3.63. The van der Waals surface area contributed by atoms with E-state index in [1.165, 1.54) is 17.5 Å². The van der Waals surface area contributed by atoms with Crippen LogP contribution in [-0.4, -0.2) is 28.3 Å². The van der Waals surface area contributed by atoms with E-state index in [1.807, 2.05) is 22.4 Å². The number of carbonyl (C=O) groups excluding carboxylic acids is 1. The Morgan fingerprint density at radius 2 is 2.43 bits per heavy atom. The number of rotatable bonds is 5. The summed E-state index contributed by atoms with van der Waals surface area (Å²) in [4.78, 5) is 29.5. The van der Waals surface area contributed by atoms with Gasteiger partial charge in [0.25, 0.3) is 0 Å². The van der Waals surface area contributed by atoms with Gasteiger partial charge in [0.2, 0.25) is 0 Å². The number of aromatic nitrogens is 1. The second-order valence-corrected chi connectivity index (χ2v) is 6.77. The highest BCUT2D eigenvalue weighted by Gasteiger charge is 2.30. The summed E-state index contributed by atoms with van der Waals surface area (Å²) in [5.74, 6) is 0.132. The van der Waals surface area contributed by atoms with Crippen LogP contribution in [0.4, 0.5) is 10.1 Å². The molecular formula is C13H13N3O3S2. The minimum absolute atomic E-state index is 0.0419. The Labute approximate surface area is 129 Å². The molecule has 1 saturated heterocycles. The van der Waals surface area contributed by atoms with Gasteiger partial charge >= 0.3 is 5.00 Å². The highest BCUT2D eigenvalue weighted by Crippen LogP contribution is 2.34. The highest BCUT2D eigenvalue weighted by atomic mass is 32.1. The molecule has 6 nitrogen and oxygen atoms in total. The van der Waals surface area contributed by atoms with Crippen molar-refractivity contribution in [2.45, 2.75) is 25.3 Å². The molecule has 0 bridgehead atoms. The van der Waals surface area contributed by atoms with E-state index >= 15 is 0 Å². The smallest absolute Gasteiger partial charge is 0.344 e. The molecule has 0 spiro atoms. The van der Waals surface area contributed by atoms with Crippen LogP contribution in [0.15, 0.2) is 23.7 Å². The molecule has 21 heavy (non-hydrogen) atoms.